The molecule has 0 saturated heterocycles. The van der Waals surface area contributed by atoms with Gasteiger partial charge in [-0.1, -0.05) is 32.9 Å². The summed E-state index contributed by atoms with van der Waals surface area (Å²) in [6, 6.07) is 6.55. The standard InChI is InChI=1S/C16H23NO2/c1-5-12-13-8-7-9-14(18-6-2)16(13)19-15(12)10-17-11(3)4/h7-9,11,17H,5-6,10H2,1-4H3. The van der Waals surface area contributed by atoms with Gasteiger partial charge in [0.15, 0.2) is 11.3 Å². The molecule has 104 valence electrons. The molecule has 0 aliphatic carbocycles. The van der Waals surface area contributed by atoms with E-state index in [9.17, 15) is 0 Å². The van der Waals surface area contributed by atoms with Gasteiger partial charge in [-0.2, -0.15) is 0 Å². The van der Waals surface area contributed by atoms with Crippen molar-refractivity contribution in [3.05, 3.63) is 29.5 Å². The summed E-state index contributed by atoms with van der Waals surface area (Å²) in [6.45, 7) is 9.85. The third kappa shape index (κ3) is 2.92. The van der Waals surface area contributed by atoms with Crippen molar-refractivity contribution in [1.82, 2.24) is 5.32 Å². The highest BCUT2D eigenvalue weighted by Crippen LogP contribution is 2.33. The Hall–Kier alpha value is -1.48. The quantitative estimate of drug-likeness (QED) is 0.856. The van der Waals surface area contributed by atoms with Gasteiger partial charge < -0.3 is 14.5 Å². The number of rotatable bonds is 6. The first-order valence-electron chi connectivity index (χ1n) is 7.06. The highest BCUT2D eigenvalue weighted by Gasteiger charge is 2.15. The fourth-order valence-corrected chi connectivity index (χ4v) is 2.29. The maximum Gasteiger partial charge on any atom is 0.176 e. The lowest BCUT2D eigenvalue weighted by Crippen LogP contribution is -2.22. The Morgan fingerprint density at radius 3 is 2.68 bits per heavy atom. The van der Waals surface area contributed by atoms with Gasteiger partial charge in [-0.05, 0) is 19.4 Å². The molecule has 0 radical (unpaired) electrons. The largest absolute Gasteiger partial charge is 0.490 e. The summed E-state index contributed by atoms with van der Waals surface area (Å²) < 4.78 is 11.7. The van der Waals surface area contributed by atoms with E-state index in [-0.39, 0.29) is 0 Å². The molecule has 0 fully saturated rings. The van der Waals surface area contributed by atoms with Crippen molar-refractivity contribution in [3.63, 3.8) is 0 Å². The van der Waals surface area contributed by atoms with Gasteiger partial charge in [-0.15, -0.1) is 0 Å². The first-order chi connectivity index (χ1) is 9.17. The van der Waals surface area contributed by atoms with E-state index in [1.54, 1.807) is 0 Å². The van der Waals surface area contributed by atoms with Gasteiger partial charge in [0.2, 0.25) is 0 Å². The molecule has 0 aliphatic heterocycles. The summed E-state index contributed by atoms with van der Waals surface area (Å²) in [7, 11) is 0. The molecule has 3 heteroatoms. The fourth-order valence-electron chi connectivity index (χ4n) is 2.29. The predicted molar refractivity (Wildman–Crippen MR) is 78.7 cm³/mol. The maximum atomic E-state index is 6.04. The highest BCUT2D eigenvalue weighted by atomic mass is 16.5. The van der Waals surface area contributed by atoms with Crippen LogP contribution >= 0.6 is 0 Å². The number of aryl methyl sites for hydroxylation is 1. The minimum absolute atomic E-state index is 0.448. The summed E-state index contributed by atoms with van der Waals surface area (Å²) >= 11 is 0. The van der Waals surface area contributed by atoms with Gasteiger partial charge in [0.25, 0.3) is 0 Å². The SMILES string of the molecule is CCOc1cccc2c(CC)c(CNC(C)C)oc12. The van der Waals surface area contributed by atoms with Gasteiger partial charge in [0.1, 0.15) is 5.76 Å². The van der Waals surface area contributed by atoms with Crippen LogP contribution in [0.4, 0.5) is 0 Å². The van der Waals surface area contributed by atoms with E-state index >= 15 is 0 Å². The highest BCUT2D eigenvalue weighted by molar-refractivity contribution is 5.87. The average Bonchev–Trinajstić information content (AvgIpc) is 2.75. The zero-order valence-corrected chi connectivity index (χ0v) is 12.2. The van der Waals surface area contributed by atoms with Crippen molar-refractivity contribution in [2.75, 3.05) is 6.61 Å². The number of ether oxygens (including phenoxy) is 1. The van der Waals surface area contributed by atoms with E-state index in [0.717, 1.165) is 30.1 Å². The molecule has 0 saturated carbocycles. The Labute approximate surface area is 114 Å². The molecule has 0 aliphatic rings. The number of para-hydroxylation sites is 1. The zero-order chi connectivity index (χ0) is 13.8. The monoisotopic (exact) mass is 261 g/mol. The third-order valence-corrected chi connectivity index (χ3v) is 3.19. The molecule has 0 bridgehead atoms. The number of hydrogen-bond donors (Lipinski definition) is 1. The van der Waals surface area contributed by atoms with Gasteiger partial charge >= 0.3 is 0 Å². The van der Waals surface area contributed by atoms with E-state index in [1.807, 2.05) is 19.1 Å². The number of hydrogen-bond acceptors (Lipinski definition) is 3. The summed E-state index contributed by atoms with van der Waals surface area (Å²) in [6.07, 6.45) is 0.970. The van der Waals surface area contributed by atoms with Crippen molar-refractivity contribution in [2.45, 2.75) is 46.7 Å². The average molecular weight is 261 g/mol. The first-order valence-corrected chi connectivity index (χ1v) is 7.06. The molecule has 2 rings (SSSR count). The normalized spacial score (nSPS) is 11.4. The van der Waals surface area contributed by atoms with Crippen molar-refractivity contribution >= 4 is 11.0 Å². The van der Waals surface area contributed by atoms with Crippen LogP contribution in [0.15, 0.2) is 22.6 Å². The van der Waals surface area contributed by atoms with E-state index in [1.165, 1.54) is 10.9 Å². The number of furan rings is 1. The molecule has 2 aromatic rings. The molecule has 0 unspecified atom stereocenters. The van der Waals surface area contributed by atoms with Crippen molar-refractivity contribution in [3.8, 4) is 5.75 Å². The zero-order valence-electron chi connectivity index (χ0n) is 12.2. The molecule has 0 spiro atoms. The molecule has 0 amide bonds. The molecule has 3 nitrogen and oxygen atoms in total. The minimum Gasteiger partial charge on any atom is -0.490 e. The number of fused-ring (bicyclic) bond motifs is 1. The molecule has 0 atom stereocenters. The van der Waals surface area contributed by atoms with E-state index in [2.05, 4.69) is 32.2 Å². The summed E-state index contributed by atoms with van der Waals surface area (Å²) in [5.74, 6) is 1.86. The van der Waals surface area contributed by atoms with Crippen LogP contribution in [0, 0.1) is 0 Å². The number of benzene rings is 1. The summed E-state index contributed by atoms with van der Waals surface area (Å²) in [4.78, 5) is 0. The Morgan fingerprint density at radius 2 is 2.05 bits per heavy atom. The molecule has 1 aromatic heterocycles. The van der Waals surface area contributed by atoms with Crippen LogP contribution in [-0.4, -0.2) is 12.6 Å². The van der Waals surface area contributed by atoms with Crippen LogP contribution in [0.3, 0.4) is 0 Å². The van der Waals surface area contributed by atoms with Crippen LogP contribution in [0.1, 0.15) is 39.0 Å². The Kier molecular flexibility index (Phi) is 4.48. The fraction of sp³-hybridized carbons (Fsp3) is 0.500. The number of nitrogens with one attached hydrogen (secondary N) is 1. The smallest absolute Gasteiger partial charge is 0.176 e. The third-order valence-electron chi connectivity index (χ3n) is 3.19. The lowest BCUT2D eigenvalue weighted by Gasteiger charge is -2.06. The van der Waals surface area contributed by atoms with Gasteiger partial charge in [-0.25, -0.2) is 0 Å². The van der Waals surface area contributed by atoms with Crippen LogP contribution in [-0.2, 0) is 13.0 Å². The second-order valence-electron chi connectivity index (χ2n) is 4.96. The second-order valence-corrected chi connectivity index (χ2v) is 4.96. The second kappa shape index (κ2) is 6.11. The molecular weight excluding hydrogens is 238 g/mol. The Bertz CT molecular complexity index is 543. The van der Waals surface area contributed by atoms with E-state index in [4.69, 9.17) is 9.15 Å². The molecule has 1 aromatic carbocycles. The van der Waals surface area contributed by atoms with Crippen LogP contribution in [0.25, 0.3) is 11.0 Å². The van der Waals surface area contributed by atoms with Gasteiger partial charge in [-0.3, -0.25) is 0 Å². The first kappa shape index (κ1) is 13.9. The summed E-state index contributed by atoms with van der Waals surface area (Å²) in [5, 5.41) is 4.59. The summed E-state index contributed by atoms with van der Waals surface area (Å²) in [5.41, 5.74) is 2.16. The lowest BCUT2D eigenvalue weighted by atomic mass is 10.1. The predicted octanol–water partition coefficient (Wildman–Crippen LogP) is 3.89. The minimum atomic E-state index is 0.448. The topological polar surface area (TPSA) is 34.4 Å². The van der Waals surface area contributed by atoms with Gasteiger partial charge in [0.05, 0.1) is 13.2 Å². The van der Waals surface area contributed by atoms with Gasteiger partial charge in [0, 0.05) is 17.0 Å². The van der Waals surface area contributed by atoms with Crippen LogP contribution < -0.4 is 10.1 Å². The van der Waals surface area contributed by atoms with Crippen molar-refractivity contribution < 1.29 is 9.15 Å². The molecule has 19 heavy (non-hydrogen) atoms. The Morgan fingerprint density at radius 1 is 1.26 bits per heavy atom. The lowest BCUT2D eigenvalue weighted by molar-refractivity contribution is 0.337. The Balaban J connectivity index is 2.44. The maximum absolute atomic E-state index is 6.04. The molecular formula is C16H23NO2. The van der Waals surface area contributed by atoms with Crippen molar-refractivity contribution in [2.24, 2.45) is 0 Å². The van der Waals surface area contributed by atoms with E-state index in [0.29, 0.717) is 12.6 Å². The van der Waals surface area contributed by atoms with Crippen molar-refractivity contribution in [1.29, 1.82) is 0 Å². The van der Waals surface area contributed by atoms with Crippen LogP contribution in [0.5, 0.6) is 5.75 Å². The van der Waals surface area contributed by atoms with Crippen LogP contribution in [0.2, 0.25) is 0 Å². The molecule has 1 heterocycles. The van der Waals surface area contributed by atoms with E-state index < -0.39 is 0 Å². The molecule has 1 N–H and O–H groups in total.